The maximum atomic E-state index is 6.30. The summed E-state index contributed by atoms with van der Waals surface area (Å²) in [6, 6.07) is 32.7. The van der Waals surface area contributed by atoms with Crippen LogP contribution in [-0.4, -0.2) is 32.3 Å². The Morgan fingerprint density at radius 2 is 1.09 bits per heavy atom. The predicted octanol–water partition coefficient (Wildman–Crippen LogP) is 9.15. The van der Waals surface area contributed by atoms with Crippen LogP contribution in [0.1, 0.15) is 25.0 Å². The Hall–Kier alpha value is -4.81. The normalized spacial score (nSPS) is 10.6. The van der Waals surface area contributed by atoms with Gasteiger partial charge in [0.2, 0.25) is 0 Å². The first kappa shape index (κ1) is 29.7. The van der Waals surface area contributed by atoms with E-state index in [1.165, 1.54) is 11.1 Å². The maximum Gasteiger partial charge on any atom is 0.155 e. The first-order valence-electron chi connectivity index (χ1n) is 14.3. The molecular weight excluding hydrogens is 556 g/mol. The molecule has 2 heterocycles. The summed E-state index contributed by atoms with van der Waals surface area (Å²) >= 11 is 6.30. The van der Waals surface area contributed by atoms with Crippen molar-refractivity contribution in [2.75, 3.05) is 13.2 Å². The molecule has 4 aromatic carbocycles. The summed E-state index contributed by atoms with van der Waals surface area (Å²) in [6.07, 6.45) is 5.48. The Labute approximate surface area is 258 Å². The molecule has 0 aliphatic carbocycles. The molecule has 0 radical (unpaired) electrons. The van der Waals surface area contributed by atoms with Crippen molar-refractivity contribution in [1.82, 2.24) is 19.1 Å². The second-order valence-corrected chi connectivity index (χ2v) is 10.3. The van der Waals surface area contributed by atoms with Gasteiger partial charge >= 0.3 is 0 Å². The van der Waals surface area contributed by atoms with Gasteiger partial charge in [0.25, 0.3) is 0 Å². The molecule has 0 spiro atoms. The number of aromatic nitrogens is 4. The van der Waals surface area contributed by atoms with Crippen LogP contribution in [0.25, 0.3) is 33.9 Å². The molecule has 0 aliphatic heterocycles. The molecule has 43 heavy (non-hydrogen) atoms. The van der Waals surface area contributed by atoms with Crippen LogP contribution in [0.3, 0.4) is 0 Å². The van der Waals surface area contributed by atoms with Crippen LogP contribution in [0.4, 0.5) is 0 Å². The van der Waals surface area contributed by atoms with Crippen molar-refractivity contribution >= 4 is 11.6 Å². The Morgan fingerprint density at radius 1 is 0.605 bits per heavy atom. The van der Waals surface area contributed by atoms with Crippen LogP contribution < -0.4 is 9.47 Å². The summed E-state index contributed by atoms with van der Waals surface area (Å²) in [5.41, 5.74) is 8.70. The number of nitrogens with zero attached hydrogens (tertiary/aromatic N) is 4. The number of hydrogen-bond acceptors (Lipinski definition) is 4. The summed E-state index contributed by atoms with van der Waals surface area (Å²) in [5, 5.41) is 0.490. The molecule has 0 aliphatic rings. The third kappa shape index (κ3) is 7.16. The third-order valence-corrected chi connectivity index (χ3v) is 7.16. The van der Waals surface area contributed by atoms with Crippen molar-refractivity contribution in [3.05, 3.63) is 132 Å². The molecule has 0 unspecified atom stereocenters. The minimum atomic E-state index is 0.490. The summed E-state index contributed by atoms with van der Waals surface area (Å²) in [5.74, 6) is 1.74. The van der Waals surface area contributed by atoms with Crippen LogP contribution in [-0.2, 0) is 0 Å². The summed E-state index contributed by atoms with van der Waals surface area (Å²) < 4.78 is 15.1. The van der Waals surface area contributed by atoms with Gasteiger partial charge in [0.05, 0.1) is 37.1 Å². The number of hydrogen-bond donors (Lipinski definition) is 0. The van der Waals surface area contributed by atoms with Gasteiger partial charge < -0.3 is 9.47 Å². The van der Waals surface area contributed by atoms with Gasteiger partial charge in [-0.2, -0.15) is 0 Å². The van der Waals surface area contributed by atoms with Gasteiger partial charge in [0.15, 0.2) is 5.15 Å². The zero-order valence-corrected chi connectivity index (χ0v) is 25.6. The number of aryl methyl sites for hydroxylation is 2. The fourth-order valence-corrected chi connectivity index (χ4v) is 4.91. The molecule has 0 fully saturated rings. The highest BCUT2D eigenvalue weighted by Gasteiger charge is 2.13. The quantitative estimate of drug-likeness (QED) is 0.177. The monoisotopic (exact) mass is 590 g/mol. The average molecular weight is 591 g/mol. The van der Waals surface area contributed by atoms with E-state index in [0.29, 0.717) is 18.4 Å². The largest absolute Gasteiger partial charge is 0.494 e. The van der Waals surface area contributed by atoms with E-state index in [1.807, 2.05) is 67.3 Å². The molecule has 6 rings (SSSR count). The van der Waals surface area contributed by atoms with Gasteiger partial charge in [0.1, 0.15) is 17.8 Å². The van der Waals surface area contributed by atoms with E-state index in [2.05, 4.69) is 89.0 Å². The summed E-state index contributed by atoms with van der Waals surface area (Å²) in [4.78, 5) is 8.54. The van der Waals surface area contributed by atoms with Gasteiger partial charge in [-0.25, -0.2) is 9.97 Å². The first-order valence-corrected chi connectivity index (χ1v) is 14.7. The number of imidazole rings is 2. The summed E-state index contributed by atoms with van der Waals surface area (Å²) in [7, 11) is 0. The zero-order valence-electron chi connectivity index (χ0n) is 24.9. The van der Waals surface area contributed by atoms with Crippen molar-refractivity contribution in [2.45, 2.75) is 27.7 Å². The van der Waals surface area contributed by atoms with E-state index in [0.717, 1.165) is 45.4 Å². The Kier molecular flexibility index (Phi) is 9.59. The smallest absolute Gasteiger partial charge is 0.155 e. The molecule has 218 valence electrons. The molecule has 0 saturated heterocycles. The Balaban J connectivity index is 0.000000171. The number of rotatable bonds is 8. The van der Waals surface area contributed by atoms with Crippen LogP contribution >= 0.6 is 11.6 Å². The lowest BCUT2D eigenvalue weighted by Gasteiger charge is -2.10. The first-order chi connectivity index (χ1) is 21.0. The van der Waals surface area contributed by atoms with Gasteiger partial charge in [-0.15, -0.1) is 0 Å². The van der Waals surface area contributed by atoms with Crippen molar-refractivity contribution in [3.63, 3.8) is 0 Å². The molecule has 0 N–H and O–H groups in total. The van der Waals surface area contributed by atoms with Crippen LogP contribution in [0, 0.1) is 13.8 Å². The van der Waals surface area contributed by atoms with E-state index in [1.54, 1.807) is 6.33 Å². The lowest BCUT2D eigenvalue weighted by molar-refractivity contribution is 0.340. The van der Waals surface area contributed by atoms with Gasteiger partial charge in [0, 0.05) is 22.5 Å². The molecule has 2 aromatic heterocycles. The fraction of sp³-hybridized carbons (Fsp3) is 0.167. The molecule has 0 bridgehead atoms. The van der Waals surface area contributed by atoms with Gasteiger partial charge in [-0.1, -0.05) is 47.0 Å². The highest BCUT2D eigenvalue weighted by Crippen LogP contribution is 2.31. The Bertz CT molecular complexity index is 1740. The van der Waals surface area contributed by atoms with Crippen LogP contribution in [0.5, 0.6) is 11.5 Å². The SMILES string of the molecule is CCOc1ccc(-c2c(Cl)ncn2-c2ccc(C)cc2)cc1.CCOc1ccc(-c2cncn2-c2ccc(C)cc2)cc1. The second-order valence-electron chi connectivity index (χ2n) is 9.99. The number of halogens is 1. The average Bonchev–Trinajstić information content (AvgIpc) is 3.67. The van der Waals surface area contributed by atoms with E-state index < -0.39 is 0 Å². The number of benzene rings is 4. The van der Waals surface area contributed by atoms with Gasteiger partial charge in [-0.05, 0) is 100 Å². The fourth-order valence-electron chi connectivity index (χ4n) is 4.67. The molecule has 7 heteroatoms. The second kappa shape index (κ2) is 13.9. The van der Waals surface area contributed by atoms with E-state index in [-0.39, 0.29) is 0 Å². The standard InChI is InChI=1S/C18H17ClN2O.C18H18N2O/c1-3-22-16-10-6-14(7-11-16)17-18(19)20-12-21(17)15-8-4-13(2)5-9-15;1-3-21-17-10-6-15(7-11-17)18-12-19-13-20(18)16-8-4-14(2)5-9-16/h4-12H,3H2,1-2H3;4-13H,3H2,1-2H3. The van der Waals surface area contributed by atoms with Crippen molar-refractivity contribution in [1.29, 1.82) is 0 Å². The maximum absolute atomic E-state index is 6.30. The highest BCUT2D eigenvalue weighted by atomic mass is 35.5. The number of ether oxygens (including phenoxy) is 2. The molecular formula is C36H35ClN4O2. The summed E-state index contributed by atoms with van der Waals surface area (Å²) in [6.45, 7) is 9.45. The topological polar surface area (TPSA) is 54.1 Å². The Morgan fingerprint density at radius 3 is 1.60 bits per heavy atom. The lowest BCUT2D eigenvalue weighted by atomic mass is 10.1. The van der Waals surface area contributed by atoms with Gasteiger partial charge in [-0.3, -0.25) is 9.13 Å². The van der Waals surface area contributed by atoms with E-state index >= 15 is 0 Å². The van der Waals surface area contributed by atoms with E-state index in [9.17, 15) is 0 Å². The third-order valence-electron chi connectivity index (χ3n) is 6.89. The zero-order chi connectivity index (χ0) is 30.2. The molecule has 0 saturated carbocycles. The van der Waals surface area contributed by atoms with Crippen molar-refractivity contribution in [2.24, 2.45) is 0 Å². The van der Waals surface area contributed by atoms with Crippen molar-refractivity contribution in [3.8, 4) is 45.4 Å². The van der Waals surface area contributed by atoms with Crippen LogP contribution in [0.15, 0.2) is 116 Å². The molecule has 6 aromatic rings. The minimum absolute atomic E-state index is 0.490. The van der Waals surface area contributed by atoms with Crippen LogP contribution in [0.2, 0.25) is 5.15 Å². The van der Waals surface area contributed by atoms with E-state index in [4.69, 9.17) is 21.1 Å². The van der Waals surface area contributed by atoms with Crippen molar-refractivity contribution < 1.29 is 9.47 Å². The predicted molar refractivity (Wildman–Crippen MR) is 175 cm³/mol. The molecule has 0 amide bonds. The lowest BCUT2D eigenvalue weighted by Crippen LogP contribution is -1.96. The molecule has 6 nitrogen and oxygen atoms in total. The highest BCUT2D eigenvalue weighted by molar-refractivity contribution is 6.32. The molecule has 0 atom stereocenters. The minimum Gasteiger partial charge on any atom is -0.494 e.